The molecular weight excluding hydrogens is 420 g/mol. The standard InChI is InChI=1S/C22H29ClN4O4/c1-24-20(28)17-6-15(23)10-25-19(17)26-16-2-3-27(11-16)21(29)31-18-13-4-12-5-14(18)9-22(30,7-12)8-13/h6,10,12-14,16,18,30H,2-5,7-9,11H2,1H3,(H,24,28)(H,25,26)/t12?,13-,14-,16?,18?,22?/m1/s1. The molecular formula is C22H29ClN4O4. The number of carbonyl (C=O) groups excluding carboxylic acids is 2. The third-order valence-corrected chi connectivity index (χ3v) is 7.71. The van der Waals surface area contributed by atoms with Gasteiger partial charge in [0, 0.05) is 32.4 Å². The number of anilines is 1. The normalized spacial score (nSPS) is 35.8. The Morgan fingerprint density at radius 2 is 2.03 bits per heavy atom. The molecule has 1 aromatic heterocycles. The third-order valence-electron chi connectivity index (χ3n) is 7.50. The van der Waals surface area contributed by atoms with Crippen molar-refractivity contribution in [2.45, 2.75) is 56.3 Å². The second-order valence-corrected chi connectivity index (χ2v) is 10.2. The van der Waals surface area contributed by atoms with E-state index in [1.807, 2.05) is 0 Å². The predicted molar refractivity (Wildman–Crippen MR) is 115 cm³/mol. The highest BCUT2D eigenvalue weighted by Gasteiger charge is 2.56. The monoisotopic (exact) mass is 448 g/mol. The van der Waals surface area contributed by atoms with Gasteiger partial charge in [-0.2, -0.15) is 0 Å². The molecule has 3 N–H and O–H groups in total. The van der Waals surface area contributed by atoms with E-state index in [4.69, 9.17) is 16.3 Å². The smallest absolute Gasteiger partial charge is 0.410 e. The topological polar surface area (TPSA) is 104 Å². The zero-order valence-corrected chi connectivity index (χ0v) is 18.4. The van der Waals surface area contributed by atoms with E-state index in [1.165, 1.54) is 6.20 Å². The minimum atomic E-state index is -0.532. The van der Waals surface area contributed by atoms with Crippen molar-refractivity contribution >= 4 is 29.4 Å². The molecule has 0 spiro atoms. The molecule has 4 bridgehead atoms. The molecule has 1 saturated heterocycles. The fraction of sp³-hybridized carbons (Fsp3) is 0.682. The number of nitrogens with zero attached hydrogens (tertiary/aromatic N) is 2. The third kappa shape index (κ3) is 3.96. The van der Waals surface area contributed by atoms with Gasteiger partial charge >= 0.3 is 6.09 Å². The molecule has 3 atom stereocenters. The summed E-state index contributed by atoms with van der Waals surface area (Å²) in [6.45, 7) is 1.08. The number of halogens is 1. The summed E-state index contributed by atoms with van der Waals surface area (Å²) < 4.78 is 6.00. The summed E-state index contributed by atoms with van der Waals surface area (Å²) in [5, 5.41) is 17.0. The van der Waals surface area contributed by atoms with Crippen LogP contribution in [0.1, 0.15) is 48.9 Å². The van der Waals surface area contributed by atoms with Gasteiger partial charge < -0.3 is 25.4 Å². The summed E-state index contributed by atoms with van der Waals surface area (Å²) in [6, 6.07) is 1.56. The molecule has 4 saturated carbocycles. The Morgan fingerprint density at radius 3 is 2.71 bits per heavy atom. The maximum atomic E-state index is 12.9. The highest BCUT2D eigenvalue weighted by Crippen LogP contribution is 2.56. The van der Waals surface area contributed by atoms with E-state index in [2.05, 4.69) is 15.6 Å². The number of nitrogens with one attached hydrogen (secondary N) is 2. The zero-order chi connectivity index (χ0) is 21.8. The van der Waals surface area contributed by atoms with Crippen molar-refractivity contribution in [3.63, 3.8) is 0 Å². The molecule has 4 aliphatic carbocycles. The highest BCUT2D eigenvalue weighted by molar-refractivity contribution is 6.31. The molecule has 9 heteroatoms. The number of carbonyl (C=O) groups is 2. The highest BCUT2D eigenvalue weighted by atomic mass is 35.5. The number of rotatable bonds is 4. The molecule has 1 unspecified atom stereocenters. The second-order valence-electron chi connectivity index (χ2n) is 9.75. The lowest BCUT2D eigenvalue weighted by atomic mass is 9.53. The second kappa shape index (κ2) is 7.81. The van der Waals surface area contributed by atoms with Crippen LogP contribution in [0.4, 0.5) is 10.6 Å². The van der Waals surface area contributed by atoms with E-state index in [9.17, 15) is 14.7 Å². The molecule has 168 valence electrons. The number of hydrogen-bond donors (Lipinski definition) is 3. The lowest BCUT2D eigenvalue weighted by Gasteiger charge is -2.57. The molecule has 1 aromatic rings. The summed E-state index contributed by atoms with van der Waals surface area (Å²) in [4.78, 5) is 31.0. The van der Waals surface area contributed by atoms with Crippen LogP contribution in [0.15, 0.2) is 12.3 Å². The lowest BCUT2D eigenvalue weighted by Crippen LogP contribution is -2.58. The van der Waals surface area contributed by atoms with Crippen LogP contribution in [0.2, 0.25) is 5.02 Å². The average molecular weight is 449 g/mol. The van der Waals surface area contributed by atoms with E-state index in [0.29, 0.717) is 35.4 Å². The van der Waals surface area contributed by atoms with Crippen LogP contribution >= 0.6 is 11.6 Å². The van der Waals surface area contributed by atoms with E-state index in [0.717, 1.165) is 38.5 Å². The fourth-order valence-electron chi connectivity index (χ4n) is 6.42. The molecule has 2 amide bonds. The summed E-state index contributed by atoms with van der Waals surface area (Å²) in [7, 11) is 1.56. The van der Waals surface area contributed by atoms with Crippen LogP contribution in [0, 0.1) is 17.8 Å². The Morgan fingerprint density at radius 1 is 1.29 bits per heavy atom. The van der Waals surface area contributed by atoms with Gasteiger partial charge in [-0.1, -0.05) is 11.6 Å². The summed E-state index contributed by atoms with van der Waals surface area (Å²) in [5.41, 5.74) is -0.154. The van der Waals surface area contributed by atoms with E-state index in [-0.39, 0.29) is 36.0 Å². The van der Waals surface area contributed by atoms with Crippen molar-refractivity contribution < 1.29 is 19.4 Å². The minimum Gasteiger partial charge on any atom is -0.446 e. The van der Waals surface area contributed by atoms with E-state index in [1.54, 1.807) is 18.0 Å². The fourth-order valence-corrected chi connectivity index (χ4v) is 6.58. The van der Waals surface area contributed by atoms with E-state index >= 15 is 0 Å². The van der Waals surface area contributed by atoms with Gasteiger partial charge in [0.15, 0.2) is 0 Å². The van der Waals surface area contributed by atoms with Crippen molar-refractivity contribution in [3.05, 3.63) is 22.8 Å². The molecule has 1 aliphatic heterocycles. The zero-order valence-electron chi connectivity index (χ0n) is 17.6. The first-order valence-electron chi connectivity index (χ1n) is 11.2. The molecule has 0 radical (unpaired) electrons. The van der Waals surface area contributed by atoms with Gasteiger partial charge in [-0.25, -0.2) is 9.78 Å². The molecule has 8 nitrogen and oxygen atoms in total. The largest absolute Gasteiger partial charge is 0.446 e. The number of amides is 2. The molecule has 5 aliphatic rings. The minimum absolute atomic E-state index is 0.0242. The lowest BCUT2D eigenvalue weighted by molar-refractivity contribution is -0.177. The summed E-state index contributed by atoms with van der Waals surface area (Å²) in [5.74, 6) is 1.34. The van der Waals surface area contributed by atoms with Crippen LogP contribution in [-0.2, 0) is 4.74 Å². The summed E-state index contributed by atoms with van der Waals surface area (Å²) in [6.07, 6.45) is 6.44. The number of hydrogen-bond acceptors (Lipinski definition) is 6. The molecule has 31 heavy (non-hydrogen) atoms. The Balaban J connectivity index is 1.20. The number of aliphatic hydroxyl groups is 1. The van der Waals surface area contributed by atoms with Crippen molar-refractivity contribution in [2.75, 3.05) is 25.5 Å². The van der Waals surface area contributed by atoms with Crippen molar-refractivity contribution in [2.24, 2.45) is 17.8 Å². The van der Waals surface area contributed by atoms with Crippen molar-refractivity contribution in [3.8, 4) is 0 Å². The van der Waals surface area contributed by atoms with Gasteiger partial charge in [-0.15, -0.1) is 0 Å². The number of likely N-dealkylation sites (tertiary alicyclic amines) is 1. The molecule has 6 rings (SSSR count). The van der Waals surface area contributed by atoms with Crippen molar-refractivity contribution in [1.29, 1.82) is 0 Å². The predicted octanol–water partition coefficient (Wildman–Crippen LogP) is 2.66. The number of pyridine rings is 1. The van der Waals surface area contributed by atoms with Gasteiger partial charge in [0.1, 0.15) is 11.9 Å². The Hall–Kier alpha value is -2.06. The van der Waals surface area contributed by atoms with Crippen LogP contribution in [0.25, 0.3) is 0 Å². The van der Waals surface area contributed by atoms with Crippen LogP contribution in [-0.4, -0.2) is 64.9 Å². The molecule has 2 heterocycles. The quantitative estimate of drug-likeness (QED) is 0.654. The van der Waals surface area contributed by atoms with Gasteiger partial charge in [0.2, 0.25) is 0 Å². The first kappa shape index (κ1) is 20.8. The van der Waals surface area contributed by atoms with Gasteiger partial charge in [-0.3, -0.25) is 4.79 Å². The molecule has 0 aromatic carbocycles. The van der Waals surface area contributed by atoms with Crippen LogP contribution in [0.3, 0.4) is 0 Å². The average Bonchev–Trinajstić information content (AvgIpc) is 3.19. The van der Waals surface area contributed by atoms with Crippen LogP contribution in [0.5, 0.6) is 0 Å². The van der Waals surface area contributed by atoms with Crippen molar-refractivity contribution in [1.82, 2.24) is 15.2 Å². The van der Waals surface area contributed by atoms with Crippen LogP contribution < -0.4 is 10.6 Å². The number of ether oxygens (including phenoxy) is 1. The Labute approximate surface area is 186 Å². The maximum absolute atomic E-state index is 12.9. The number of aromatic nitrogens is 1. The first-order valence-corrected chi connectivity index (χ1v) is 11.5. The van der Waals surface area contributed by atoms with Gasteiger partial charge in [0.25, 0.3) is 5.91 Å². The first-order chi connectivity index (χ1) is 14.8. The Bertz CT molecular complexity index is 880. The van der Waals surface area contributed by atoms with Gasteiger partial charge in [-0.05, 0) is 62.3 Å². The summed E-state index contributed by atoms with van der Waals surface area (Å²) >= 11 is 6.00. The van der Waals surface area contributed by atoms with Gasteiger partial charge in [0.05, 0.1) is 16.2 Å². The van der Waals surface area contributed by atoms with E-state index < -0.39 is 5.60 Å². The SMILES string of the molecule is CNC(=O)c1cc(Cl)cnc1NC1CCN(C(=O)OC2[C@@H]3CC4C[C@@H]2CC(O)(C4)C3)C1. The Kier molecular flexibility index (Phi) is 5.25. The maximum Gasteiger partial charge on any atom is 0.410 e. The molecule has 5 fully saturated rings.